The van der Waals surface area contributed by atoms with Crippen LogP contribution in [0.2, 0.25) is 0 Å². The lowest BCUT2D eigenvalue weighted by Gasteiger charge is -2.29. The molecule has 5 nitrogen and oxygen atoms in total. The highest BCUT2D eigenvalue weighted by molar-refractivity contribution is 5.43. The normalized spacial score (nSPS) is 21.6. The summed E-state index contributed by atoms with van der Waals surface area (Å²) < 4.78 is 12.9. The van der Waals surface area contributed by atoms with Crippen molar-refractivity contribution in [1.29, 1.82) is 0 Å². The molecule has 2 atom stereocenters. The van der Waals surface area contributed by atoms with Gasteiger partial charge in [-0.1, -0.05) is 0 Å². The van der Waals surface area contributed by atoms with E-state index >= 15 is 0 Å². The molecule has 2 unspecified atom stereocenters. The van der Waals surface area contributed by atoms with Crippen molar-refractivity contribution in [3.05, 3.63) is 41.7 Å². The summed E-state index contributed by atoms with van der Waals surface area (Å²) in [4.78, 5) is 0. The van der Waals surface area contributed by atoms with E-state index in [1.165, 1.54) is 0 Å². The van der Waals surface area contributed by atoms with Gasteiger partial charge in [-0.15, -0.1) is 0 Å². The minimum absolute atomic E-state index is 0.177. The summed E-state index contributed by atoms with van der Waals surface area (Å²) in [6.45, 7) is 0. The molecule has 0 radical (unpaired) electrons. The van der Waals surface area contributed by atoms with E-state index in [0.29, 0.717) is 12.2 Å². The predicted molar refractivity (Wildman–Crippen MR) is 69.1 cm³/mol. The minimum atomic E-state index is -0.528. The zero-order chi connectivity index (χ0) is 13.4. The van der Waals surface area contributed by atoms with E-state index in [-0.39, 0.29) is 6.10 Å². The fraction of sp³-hybridized carbons (Fsp3) is 0.357. The Balaban J connectivity index is 1.93. The number of rotatable bonds is 2. The largest absolute Gasteiger partial charge is 0.497 e. The average Bonchev–Trinajstić information content (AvgIpc) is 2.84. The first kappa shape index (κ1) is 12.0. The van der Waals surface area contributed by atoms with Crippen LogP contribution in [0.3, 0.4) is 0 Å². The molecule has 100 valence electrons. The summed E-state index contributed by atoms with van der Waals surface area (Å²) in [6, 6.07) is 5.48. The smallest absolute Gasteiger partial charge is 0.130 e. The average molecular weight is 260 g/mol. The first-order chi connectivity index (χ1) is 9.17. The van der Waals surface area contributed by atoms with Gasteiger partial charge in [0.1, 0.15) is 17.6 Å². The van der Waals surface area contributed by atoms with Crippen molar-refractivity contribution in [3.63, 3.8) is 0 Å². The molecule has 5 heteroatoms. The second-order valence-corrected chi connectivity index (χ2v) is 4.71. The van der Waals surface area contributed by atoms with Gasteiger partial charge in [0.2, 0.25) is 0 Å². The highest BCUT2D eigenvalue weighted by Crippen LogP contribution is 2.42. The van der Waals surface area contributed by atoms with Gasteiger partial charge >= 0.3 is 0 Å². The Labute approximate surface area is 111 Å². The lowest BCUT2D eigenvalue weighted by atomic mass is 9.96. The predicted octanol–water partition coefficient (Wildman–Crippen LogP) is 1.99. The van der Waals surface area contributed by atoms with E-state index in [4.69, 9.17) is 9.47 Å². The van der Waals surface area contributed by atoms with Gasteiger partial charge < -0.3 is 14.6 Å². The lowest BCUT2D eigenvalue weighted by Crippen LogP contribution is -2.18. The minimum Gasteiger partial charge on any atom is -0.497 e. The van der Waals surface area contributed by atoms with E-state index in [1.54, 1.807) is 24.1 Å². The van der Waals surface area contributed by atoms with Gasteiger partial charge in [0.15, 0.2) is 0 Å². The molecule has 1 N–H and O–H groups in total. The maximum Gasteiger partial charge on any atom is 0.130 e. The van der Waals surface area contributed by atoms with Gasteiger partial charge in [-0.05, 0) is 12.1 Å². The Morgan fingerprint density at radius 2 is 2.32 bits per heavy atom. The molecule has 3 rings (SSSR count). The Hall–Kier alpha value is -2.01. The Bertz CT molecular complexity index is 594. The van der Waals surface area contributed by atoms with Crippen LogP contribution in [0.1, 0.15) is 29.8 Å². The summed E-state index contributed by atoms with van der Waals surface area (Å²) in [7, 11) is 3.47. The Kier molecular flexibility index (Phi) is 2.91. The molecule has 0 saturated heterocycles. The van der Waals surface area contributed by atoms with Gasteiger partial charge in [0, 0.05) is 36.9 Å². The molecule has 0 spiro atoms. The van der Waals surface area contributed by atoms with Crippen LogP contribution in [0.4, 0.5) is 0 Å². The first-order valence-corrected chi connectivity index (χ1v) is 6.18. The van der Waals surface area contributed by atoms with Crippen LogP contribution in [0, 0.1) is 0 Å². The number of nitrogens with zero attached hydrogens (tertiary/aromatic N) is 2. The number of hydrogen-bond acceptors (Lipinski definition) is 4. The Morgan fingerprint density at radius 3 is 3.00 bits per heavy atom. The van der Waals surface area contributed by atoms with Crippen LogP contribution in [0.25, 0.3) is 0 Å². The number of fused-ring (bicyclic) bond motifs is 1. The third-order valence-corrected chi connectivity index (χ3v) is 3.38. The molecular formula is C14H16N2O3. The van der Waals surface area contributed by atoms with E-state index in [9.17, 15) is 5.11 Å². The molecule has 1 aliphatic heterocycles. The zero-order valence-electron chi connectivity index (χ0n) is 10.9. The summed E-state index contributed by atoms with van der Waals surface area (Å²) in [5.41, 5.74) is 1.77. The third kappa shape index (κ3) is 2.17. The number of aliphatic hydroxyl groups is 1. The summed E-state index contributed by atoms with van der Waals surface area (Å²) in [5, 5.41) is 14.4. The molecule has 2 aromatic rings. The van der Waals surface area contributed by atoms with Crippen molar-refractivity contribution in [2.75, 3.05) is 7.11 Å². The maximum absolute atomic E-state index is 10.2. The summed E-state index contributed by atoms with van der Waals surface area (Å²) in [6.07, 6.45) is 3.50. The van der Waals surface area contributed by atoms with Crippen molar-refractivity contribution < 1.29 is 14.6 Å². The molecule has 2 heterocycles. The van der Waals surface area contributed by atoms with Crippen molar-refractivity contribution >= 4 is 0 Å². The first-order valence-electron chi connectivity index (χ1n) is 6.18. The highest BCUT2D eigenvalue weighted by Gasteiger charge is 2.29. The van der Waals surface area contributed by atoms with Crippen molar-refractivity contribution in [2.24, 2.45) is 7.05 Å². The molecule has 19 heavy (non-hydrogen) atoms. The van der Waals surface area contributed by atoms with Gasteiger partial charge in [-0.25, -0.2) is 0 Å². The van der Waals surface area contributed by atoms with E-state index < -0.39 is 6.10 Å². The monoisotopic (exact) mass is 260 g/mol. The molecule has 0 amide bonds. The number of aliphatic hydroxyl groups excluding tert-OH is 1. The SMILES string of the molecule is COc1ccc2c(c1)OC(c1cnn(C)c1)CC2O. The van der Waals surface area contributed by atoms with Crippen molar-refractivity contribution in [2.45, 2.75) is 18.6 Å². The van der Waals surface area contributed by atoms with Crippen LogP contribution >= 0.6 is 0 Å². The molecule has 1 aromatic heterocycles. The zero-order valence-corrected chi connectivity index (χ0v) is 10.9. The third-order valence-electron chi connectivity index (χ3n) is 3.38. The van der Waals surface area contributed by atoms with Crippen LogP contribution in [-0.2, 0) is 7.05 Å². The molecule has 0 aliphatic carbocycles. The van der Waals surface area contributed by atoms with Crippen LogP contribution in [-0.4, -0.2) is 22.0 Å². The number of ether oxygens (including phenoxy) is 2. The van der Waals surface area contributed by atoms with Gasteiger partial charge in [-0.3, -0.25) is 4.68 Å². The van der Waals surface area contributed by atoms with Crippen LogP contribution in [0.15, 0.2) is 30.6 Å². The number of methoxy groups -OCH3 is 1. The molecule has 0 saturated carbocycles. The molecular weight excluding hydrogens is 244 g/mol. The van der Waals surface area contributed by atoms with E-state index in [2.05, 4.69) is 5.10 Å². The summed E-state index contributed by atoms with van der Waals surface area (Å²) >= 11 is 0. The van der Waals surface area contributed by atoms with Gasteiger partial charge in [0.25, 0.3) is 0 Å². The maximum atomic E-state index is 10.2. The molecule has 1 aromatic carbocycles. The Morgan fingerprint density at radius 1 is 1.47 bits per heavy atom. The standard InChI is InChI=1S/C14H16N2O3/c1-16-8-9(7-15-16)13-6-12(17)11-4-3-10(18-2)5-14(11)19-13/h3-5,7-8,12-13,17H,6H2,1-2H3. The van der Waals surface area contributed by atoms with E-state index in [0.717, 1.165) is 16.9 Å². The van der Waals surface area contributed by atoms with Crippen LogP contribution in [0.5, 0.6) is 11.5 Å². The van der Waals surface area contributed by atoms with Crippen molar-refractivity contribution in [3.8, 4) is 11.5 Å². The number of benzene rings is 1. The lowest BCUT2D eigenvalue weighted by molar-refractivity contribution is 0.0654. The fourth-order valence-corrected chi connectivity index (χ4v) is 2.36. The van der Waals surface area contributed by atoms with Gasteiger partial charge in [0.05, 0.1) is 19.4 Å². The molecule has 0 bridgehead atoms. The summed E-state index contributed by atoms with van der Waals surface area (Å²) in [5.74, 6) is 1.39. The quantitative estimate of drug-likeness (QED) is 0.897. The van der Waals surface area contributed by atoms with Crippen LogP contribution < -0.4 is 9.47 Å². The number of hydrogen-bond donors (Lipinski definition) is 1. The molecule has 0 fully saturated rings. The number of aryl methyl sites for hydroxylation is 1. The second-order valence-electron chi connectivity index (χ2n) is 4.71. The van der Waals surface area contributed by atoms with E-state index in [1.807, 2.05) is 25.4 Å². The molecule has 1 aliphatic rings. The van der Waals surface area contributed by atoms with Gasteiger partial charge in [-0.2, -0.15) is 5.10 Å². The highest BCUT2D eigenvalue weighted by atomic mass is 16.5. The second kappa shape index (κ2) is 4.59. The van der Waals surface area contributed by atoms with Crippen molar-refractivity contribution in [1.82, 2.24) is 9.78 Å². The topological polar surface area (TPSA) is 56.5 Å². The number of aromatic nitrogens is 2. The fourth-order valence-electron chi connectivity index (χ4n) is 2.36.